The summed E-state index contributed by atoms with van der Waals surface area (Å²) < 4.78 is 0. The molecule has 5 heteroatoms. The van der Waals surface area contributed by atoms with Crippen molar-refractivity contribution in [2.75, 3.05) is 5.32 Å². The number of rotatable bonds is 6. The molecule has 0 spiro atoms. The number of H-pyrrole nitrogens is 1. The molecule has 2 aromatic carbocycles. The number of aryl methyl sites for hydroxylation is 1. The van der Waals surface area contributed by atoms with Gasteiger partial charge in [-0.1, -0.05) is 61.6 Å². The van der Waals surface area contributed by atoms with Gasteiger partial charge < -0.3 is 5.32 Å². The van der Waals surface area contributed by atoms with Crippen molar-refractivity contribution in [3.63, 3.8) is 0 Å². The molecule has 0 unspecified atom stereocenters. The fourth-order valence-corrected chi connectivity index (χ4v) is 4.31. The molecule has 1 amide bonds. The Balaban J connectivity index is 1.51. The third-order valence-corrected chi connectivity index (χ3v) is 5.86. The van der Waals surface area contributed by atoms with Gasteiger partial charge >= 0.3 is 0 Å². The van der Waals surface area contributed by atoms with E-state index >= 15 is 0 Å². The third kappa shape index (κ3) is 4.73. The summed E-state index contributed by atoms with van der Waals surface area (Å²) in [5.74, 6) is 0.706. The number of nitrogens with one attached hydrogen (secondary N) is 2. The van der Waals surface area contributed by atoms with E-state index in [0.29, 0.717) is 29.8 Å². The van der Waals surface area contributed by atoms with E-state index in [9.17, 15) is 9.59 Å². The summed E-state index contributed by atoms with van der Waals surface area (Å²) in [6.45, 7) is 2.06. The van der Waals surface area contributed by atoms with Crippen LogP contribution in [-0.2, 0) is 11.2 Å². The summed E-state index contributed by atoms with van der Waals surface area (Å²) >= 11 is 0. The number of benzene rings is 2. The van der Waals surface area contributed by atoms with Crippen molar-refractivity contribution >= 4 is 22.4 Å². The van der Waals surface area contributed by atoms with Crippen LogP contribution in [0.5, 0.6) is 0 Å². The van der Waals surface area contributed by atoms with Crippen molar-refractivity contribution in [3.8, 4) is 0 Å². The number of amides is 1. The average molecular weight is 389 g/mol. The maximum Gasteiger partial charge on any atom is 0.272 e. The highest BCUT2D eigenvalue weighted by atomic mass is 16.1. The van der Waals surface area contributed by atoms with Crippen LogP contribution in [0.3, 0.4) is 0 Å². The number of hydrogen-bond acceptors (Lipinski definition) is 3. The van der Waals surface area contributed by atoms with Gasteiger partial charge in [-0.3, -0.25) is 9.59 Å². The van der Waals surface area contributed by atoms with Crippen molar-refractivity contribution < 1.29 is 4.79 Å². The van der Waals surface area contributed by atoms with Crippen molar-refractivity contribution in [3.05, 3.63) is 69.6 Å². The van der Waals surface area contributed by atoms with Gasteiger partial charge in [-0.25, -0.2) is 5.10 Å². The highest BCUT2D eigenvalue weighted by Crippen LogP contribution is 2.28. The maximum atomic E-state index is 12.3. The summed E-state index contributed by atoms with van der Waals surface area (Å²) in [6, 6.07) is 13.8. The predicted octanol–water partition coefficient (Wildman–Crippen LogP) is 4.73. The minimum Gasteiger partial charge on any atom is -0.326 e. The van der Waals surface area contributed by atoms with E-state index in [-0.39, 0.29) is 11.5 Å². The molecule has 0 bridgehead atoms. The molecule has 0 aliphatic heterocycles. The van der Waals surface area contributed by atoms with Crippen LogP contribution >= 0.6 is 0 Å². The topological polar surface area (TPSA) is 74.8 Å². The van der Waals surface area contributed by atoms with Crippen LogP contribution in [-0.4, -0.2) is 16.1 Å². The fraction of sp³-hybridized carbons (Fsp3) is 0.375. The molecule has 0 saturated heterocycles. The number of aromatic nitrogens is 2. The summed E-state index contributed by atoms with van der Waals surface area (Å²) in [7, 11) is 0. The number of fused-ring (bicyclic) bond motifs is 1. The van der Waals surface area contributed by atoms with E-state index in [2.05, 4.69) is 40.6 Å². The maximum absolute atomic E-state index is 12.3. The van der Waals surface area contributed by atoms with Crippen molar-refractivity contribution in [1.29, 1.82) is 0 Å². The first kappa shape index (κ1) is 19.4. The largest absolute Gasteiger partial charge is 0.326 e. The molecule has 4 rings (SSSR count). The highest BCUT2D eigenvalue weighted by molar-refractivity contribution is 5.94. The molecule has 2 N–H and O–H groups in total. The van der Waals surface area contributed by atoms with Crippen LogP contribution in [0.15, 0.2) is 47.3 Å². The molecule has 0 radical (unpaired) electrons. The molecule has 1 aliphatic rings. The second-order valence-electron chi connectivity index (χ2n) is 8.16. The second-order valence-corrected chi connectivity index (χ2v) is 8.16. The Kier molecular flexibility index (Phi) is 5.74. The quantitative estimate of drug-likeness (QED) is 0.640. The zero-order valence-corrected chi connectivity index (χ0v) is 16.8. The molecule has 3 aromatic rings. The van der Waals surface area contributed by atoms with Gasteiger partial charge in [-0.2, -0.15) is 5.10 Å². The number of carbonyl (C=O) groups is 1. The first-order chi connectivity index (χ1) is 14.1. The van der Waals surface area contributed by atoms with Gasteiger partial charge in [-0.15, -0.1) is 0 Å². The minimum absolute atomic E-state index is 0.0155. The lowest BCUT2D eigenvalue weighted by atomic mass is 10.0. The minimum atomic E-state index is -0.241. The SMILES string of the molecule is Cc1cccc(Cc2n[nH]c(=O)c3cc(NC(=O)CCC4CCCC4)ccc23)c1. The van der Waals surface area contributed by atoms with Gasteiger partial charge in [0.15, 0.2) is 0 Å². The van der Waals surface area contributed by atoms with Crippen molar-refractivity contribution in [2.45, 2.75) is 51.9 Å². The van der Waals surface area contributed by atoms with Crippen LogP contribution in [0.4, 0.5) is 5.69 Å². The van der Waals surface area contributed by atoms with Gasteiger partial charge in [0, 0.05) is 23.9 Å². The van der Waals surface area contributed by atoms with Crippen LogP contribution in [0.1, 0.15) is 55.3 Å². The number of aromatic amines is 1. The summed E-state index contributed by atoms with van der Waals surface area (Å²) in [5.41, 5.74) is 3.58. The van der Waals surface area contributed by atoms with Gasteiger partial charge in [0.05, 0.1) is 11.1 Å². The molecular weight excluding hydrogens is 362 g/mol. The average Bonchev–Trinajstić information content (AvgIpc) is 3.23. The standard InChI is InChI=1S/C24H27N3O2/c1-16-5-4-8-18(13-16)14-22-20-11-10-19(15-21(20)24(29)27-26-22)25-23(28)12-9-17-6-2-3-7-17/h4-5,8,10-11,13,15,17H,2-3,6-7,9,12,14H2,1H3,(H,25,28)(H,27,29). The van der Waals surface area contributed by atoms with Crippen molar-refractivity contribution in [1.82, 2.24) is 10.2 Å². The predicted molar refractivity (Wildman–Crippen MR) is 116 cm³/mol. The fourth-order valence-electron chi connectivity index (χ4n) is 4.31. The Morgan fingerprint density at radius 3 is 2.76 bits per heavy atom. The van der Waals surface area contributed by atoms with E-state index in [1.807, 2.05) is 18.2 Å². The van der Waals surface area contributed by atoms with Gasteiger partial charge in [0.1, 0.15) is 0 Å². The smallest absolute Gasteiger partial charge is 0.272 e. The van der Waals surface area contributed by atoms with E-state index in [4.69, 9.17) is 0 Å². The number of hydrogen-bond donors (Lipinski definition) is 2. The molecule has 150 valence electrons. The molecule has 1 aromatic heterocycles. The summed E-state index contributed by atoms with van der Waals surface area (Å²) in [4.78, 5) is 24.7. The summed E-state index contributed by atoms with van der Waals surface area (Å²) in [5, 5.41) is 11.2. The van der Waals surface area contributed by atoms with E-state index in [1.165, 1.54) is 31.2 Å². The lowest BCUT2D eigenvalue weighted by Crippen LogP contribution is -2.15. The van der Waals surface area contributed by atoms with Crippen LogP contribution in [0.25, 0.3) is 10.8 Å². The first-order valence-corrected chi connectivity index (χ1v) is 10.5. The second kappa shape index (κ2) is 8.60. The monoisotopic (exact) mass is 389 g/mol. The number of nitrogens with zero attached hydrogens (tertiary/aromatic N) is 1. The van der Waals surface area contributed by atoms with E-state index < -0.39 is 0 Å². The molecule has 1 heterocycles. The van der Waals surface area contributed by atoms with Gasteiger partial charge in [0.2, 0.25) is 5.91 Å². The highest BCUT2D eigenvalue weighted by Gasteiger charge is 2.16. The first-order valence-electron chi connectivity index (χ1n) is 10.5. The van der Waals surface area contributed by atoms with E-state index in [1.54, 1.807) is 6.07 Å². The lowest BCUT2D eigenvalue weighted by molar-refractivity contribution is -0.116. The molecule has 0 atom stereocenters. The van der Waals surface area contributed by atoms with Crippen LogP contribution in [0.2, 0.25) is 0 Å². The van der Waals surface area contributed by atoms with Crippen LogP contribution < -0.4 is 10.9 Å². The zero-order valence-electron chi connectivity index (χ0n) is 16.8. The number of carbonyl (C=O) groups excluding carboxylic acids is 1. The molecule has 29 heavy (non-hydrogen) atoms. The third-order valence-electron chi connectivity index (χ3n) is 5.86. The van der Waals surface area contributed by atoms with E-state index in [0.717, 1.165) is 23.1 Å². The Bertz CT molecular complexity index is 1080. The van der Waals surface area contributed by atoms with Crippen molar-refractivity contribution in [2.24, 2.45) is 5.92 Å². The Morgan fingerprint density at radius 2 is 1.97 bits per heavy atom. The normalized spacial score (nSPS) is 14.4. The Labute approximate surface area is 170 Å². The Hall–Kier alpha value is -2.95. The van der Waals surface area contributed by atoms with Gasteiger partial charge in [0.25, 0.3) is 5.56 Å². The summed E-state index contributed by atoms with van der Waals surface area (Å²) in [6.07, 6.45) is 7.20. The molecule has 1 fully saturated rings. The Morgan fingerprint density at radius 1 is 1.14 bits per heavy atom. The molecule has 1 saturated carbocycles. The molecule has 5 nitrogen and oxygen atoms in total. The molecule has 1 aliphatic carbocycles. The lowest BCUT2D eigenvalue weighted by Gasteiger charge is -2.11. The zero-order chi connectivity index (χ0) is 20.2. The van der Waals surface area contributed by atoms with Gasteiger partial charge in [-0.05, 0) is 37.0 Å². The van der Waals surface area contributed by atoms with Crippen LogP contribution in [0, 0.1) is 12.8 Å². The molecular formula is C24H27N3O2. The number of anilines is 1.